The molecule has 1 aromatic carbocycles. The molecule has 0 N–H and O–H groups in total. The van der Waals surface area contributed by atoms with Crippen LogP contribution in [0.15, 0.2) is 47.1 Å². The minimum Gasteiger partial charge on any atom is -0.490 e. The van der Waals surface area contributed by atoms with Gasteiger partial charge in [0.2, 0.25) is 5.91 Å². The summed E-state index contributed by atoms with van der Waals surface area (Å²) in [5.41, 5.74) is 1.37. The third kappa shape index (κ3) is 4.57. The maximum absolute atomic E-state index is 13.2. The first-order valence-corrected chi connectivity index (χ1v) is 11.2. The Balaban J connectivity index is 2.14. The fourth-order valence-corrected chi connectivity index (χ4v) is 4.71. The number of aliphatic imine (C=N–C) groups is 1. The average Bonchev–Trinajstić information content (AvgIpc) is 3.07. The SMILES string of the molecule is C=CCOC(=O)C1=C(C)N=C2SC(CC)C(=O)N2C1c1ccc(OC(C)=O)c(OCC)c1. The Kier molecular flexibility index (Phi) is 7.40. The molecule has 0 aromatic heterocycles. The molecule has 1 saturated heterocycles. The standard InChI is InChI=1S/C23H26N2O6S/c1-6-11-30-22(28)19-13(4)24-23-25(21(27)18(7-2)32-23)20(19)15-9-10-16(31-14(5)26)17(12-15)29-8-3/h6,9-10,12,18,20H,1,7-8,11H2,2-5H3. The Morgan fingerprint density at radius 3 is 2.66 bits per heavy atom. The highest BCUT2D eigenvalue weighted by Crippen LogP contribution is 2.45. The summed E-state index contributed by atoms with van der Waals surface area (Å²) in [7, 11) is 0. The lowest BCUT2D eigenvalue weighted by molar-refractivity contribution is -0.139. The van der Waals surface area contributed by atoms with E-state index in [2.05, 4.69) is 11.6 Å². The highest BCUT2D eigenvalue weighted by molar-refractivity contribution is 8.15. The first kappa shape index (κ1) is 23.6. The van der Waals surface area contributed by atoms with Crippen LogP contribution in [0, 0.1) is 0 Å². The fraction of sp³-hybridized carbons (Fsp3) is 0.391. The lowest BCUT2D eigenvalue weighted by Crippen LogP contribution is -2.40. The number of allylic oxidation sites excluding steroid dienone is 1. The Morgan fingerprint density at radius 1 is 1.28 bits per heavy atom. The molecule has 2 atom stereocenters. The molecule has 2 aliphatic rings. The van der Waals surface area contributed by atoms with Crippen LogP contribution in [0.25, 0.3) is 0 Å². The molecule has 2 aliphatic heterocycles. The van der Waals surface area contributed by atoms with Crippen molar-refractivity contribution in [3.63, 3.8) is 0 Å². The summed E-state index contributed by atoms with van der Waals surface area (Å²) in [6.07, 6.45) is 2.11. The van der Waals surface area contributed by atoms with Gasteiger partial charge in [0, 0.05) is 6.92 Å². The van der Waals surface area contributed by atoms with Gasteiger partial charge >= 0.3 is 11.9 Å². The third-order valence-corrected chi connectivity index (χ3v) is 6.23. The van der Waals surface area contributed by atoms with E-state index in [1.54, 1.807) is 30.0 Å². The molecule has 8 nitrogen and oxygen atoms in total. The molecule has 2 heterocycles. The zero-order valence-corrected chi connectivity index (χ0v) is 19.4. The molecule has 0 bridgehead atoms. The molecule has 0 aliphatic carbocycles. The molecule has 1 fully saturated rings. The number of ether oxygens (including phenoxy) is 3. The summed E-state index contributed by atoms with van der Waals surface area (Å²) < 4.78 is 16.2. The smallest absolute Gasteiger partial charge is 0.338 e. The first-order chi connectivity index (χ1) is 15.3. The number of thioether (sulfide) groups is 1. The van der Waals surface area contributed by atoms with E-state index in [9.17, 15) is 14.4 Å². The minimum atomic E-state index is -0.748. The van der Waals surface area contributed by atoms with Crippen LogP contribution in [0.4, 0.5) is 0 Å². The van der Waals surface area contributed by atoms with Crippen molar-refractivity contribution in [1.29, 1.82) is 0 Å². The maximum Gasteiger partial charge on any atom is 0.338 e. The van der Waals surface area contributed by atoms with Crippen molar-refractivity contribution in [2.24, 2.45) is 4.99 Å². The van der Waals surface area contributed by atoms with E-state index in [1.807, 2.05) is 13.8 Å². The number of hydrogen-bond donors (Lipinski definition) is 0. The number of carbonyl (C=O) groups is 3. The van der Waals surface area contributed by atoms with E-state index in [4.69, 9.17) is 14.2 Å². The Bertz CT molecular complexity index is 1020. The van der Waals surface area contributed by atoms with Crippen molar-refractivity contribution in [3.05, 3.63) is 47.7 Å². The minimum absolute atomic E-state index is 0.0365. The number of nitrogens with zero attached hydrogens (tertiary/aromatic N) is 2. The monoisotopic (exact) mass is 458 g/mol. The van der Waals surface area contributed by atoms with Crippen molar-refractivity contribution in [2.75, 3.05) is 13.2 Å². The van der Waals surface area contributed by atoms with Gasteiger partial charge in [-0.2, -0.15) is 0 Å². The van der Waals surface area contributed by atoms with E-state index in [0.717, 1.165) is 0 Å². The second kappa shape index (κ2) is 10.0. The van der Waals surface area contributed by atoms with Gasteiger partial charge in [-0.15, -0.1) is 0 Å². The van der Waals surface area contributed by atoms with E-state index >= 15 is 0 Å². The zero-order valence-electron chi connectivity index (χ0n) is 18.5. The molecular weight excluding hydrogens is 432 g/mol. The molecular formula is C23H26N2O6S. The number of carbonyl (C=O) groups excluding carboxylic acids is 3. The largest absolute Gasteiger partial charge is 0.490 e. The summed E-state index contributed by atoms with van der Waals surface area (Å²) in [5.74, 6) is -0.572. The van der Waals surface area contributed by atoms with Gasteiger partial charge in [-0.25, -0.2) is 9.79 Å². The molecule has 2 unspecified atom stereocenters. The quantitative estimate of drug-likeness (QED) is 0.332. The summed E-state index contributed by atoms with van der Waals surface area (Å²) in [6, 6.07) is 4.24. The number of amidine groups is 1. The number of fused-ring (bicyclic) bond motifs is 1. The summed E-state index contributed by atoms with van der Waals surface area (Å²) in [4.78, 5) is 43.7. The van der Waals surface area contributed by atoms with Gasteiger partial charge in [-0.1, -0.05) is 37.4 Å². The molecule has 1 amide bonds. The van der Waals surface area contributed by atoms with Crippen LogP contribution in [-0.4, -0.2) is 46.4 Å². The van der Waals surface area contributed by atoms with E-state index < -0.39 is 18.0 Å². The van der Waals surface area contributed by atoms with Crippen LogP contribution in [0.1, 0.15) is 45.7 Å². The van der Waals surface area contributed by atoms with Crippen molar-refractivity contribution in [3.8, 4) is 11.5 Å². The van der Waals surface area contributed by atoms with Crippen molar-refractivity contribution in [1.82, 2.24) is 4.90 Å². The highest BCUT2D eigenvalue weighted by Gasteiger charge is 2.47. The molecule has 1 aromatic rings. The van der Waals surface area contributed by atoms with Gasteiger partial charge in [0.15, 0.2) is 16.7 Å². The third-order valence-electron chi connectivity index (χ3n) is 4.91. The van der Waals surface area contributed by atoms with Crippen LogP contribution in [-0.2, 0) is 19.1 Å². The van der Waals surface area contributed by atoms with Crippen LogP contribution >= 0.6 is 11.8 Å². The summed E-state index contributed by atoms with van der Waals surface area (Å²) in [6.45, 7) is 10.7. The number of esters is 2. The Morgan fingerprint density at radius 2 is 2.03 bits per heavy atom. The lowest BCUT2D eigenvalue weighted by Gasteiger charge is -2.33. The summed E-state index contributed by atoms with van der Waals surface area (Å²) >= 11 is 1.39. The van der Waals surface area contributed by atoms with Crippen molar-refractivity contribution >= 4 is 34.8 Å². The van der Waals surface area contributed by atoms with E-state index in [-0.39, 0.29) is 29.1 Å². The Labute approximate surface area is 191 Å². The summed E-state index contributed by atoms with van der Waals surface area (Å²) in [5, 5.41) is 0.269. The molecule has 3 rings (SSSR count). The molecule has 170 valence electrons. The van der Waals surface area contributed by atoms with Gasteiger partial charge in [-0.05, 0) is 38.0 Å². The number of hydrogen-bond acceptors (Lipinski definition) is 8. The van der Waals surface area contributed by atoms with Crippen LogP contribution in [0.2, 0.25) is 0 Å². The second-order valence-corrected chi connectivity index (χ2v) is 8.31. The molecule has 32 heavy (non-hydrogen) atoms. The van der Waals surface area contributed by atoms with Gasteiger partial charge in [0.1, 0.15) is 6.61 Å². The van der Waals surface area contributed by atoms with Crippen molar-refractivity contribution in [2.45, 2.75) is 45.4 Å². The molecule has 0 spiro atoms. The fourth-order valence-electron chi connectivity index (χ4n) is 3.58. The van der Waals surface area contributed by atoms with E-state index in [0.29, 0.717) is 35.2 Å². The maximum atomic E-state index is 13.2. The van der Waals surface area contributed by atoms with Gasteiger partial charge in [0.25, 0.3) is 0 Å². The molecule has 0 saturated carbocycles. The van der Waals surface area contributed by atoms with Gasteiger partial charge in [0.05, 0.1) is 29.2 Å². The average molecular weight is 459 g/mol. The van der Waals surface area contributed by atoms with Crippen LogP contribution in [0.3, 0.4) is 0 Å². The molecule has 0 radical (unpaired) electrons. The number of rotatable bonds is 8. The number of amides is 1. The van der Waals surface area contributed by atoms with Gasteiger partial charge < -0.3 is 14.2 Å². The Hall–Kier alpha value is -3.07. The van der Waals surface area contributed by atoms with E-state index in [1.165, 1.54) is 24.8 Å². The zero-order chi connectivity index (χ0) is 23.4. The highest BCUT2D eigenvalue weighted by atomic mass is 32.2. The predicted octanol–water partition coefficient (Wildman–Crippen LogP) is 3.78. The lowest BCUT2D eigenvalue weighted by atomic mass is 9.93. The van der Waals surface area contributed by atoms with Crippen LogP contribution < -0.4 is 9.47 Å². The van der Waals surface area contributed by atoms with Crippen LogP contribution in [0.5, 0.6) is 11.5 Å². The van der Waals surface area contributed by atoms with Crippen molar-refractivity contribution < 1.29 is 28.6 Å². The van der Waals surface area contributed by atoms with Gasteiger partial charge in [-0.3, -0.25) is 14.5 Å². The molecule has 9 heteroatoms. The normalized spacial score (nSPS) is 19.9. The second-order valence-electron chi connectivity index (χ2n) is 7.14. The topological polar surface area (TPSA) is 94.5 Å². The number of benzene rings is 1. The first-order valence-electron chi connectivity index (χ1n) is 10.3. The predicted molar refractivity (Wildman–Crippen MR) is 121 cm³/mol.